The average molecular weight is 400 g/mol. The molecule has 1 aromatic rings. The van der Waals surface area contributed by atoms with Gasteiger partial charge in [-0.3, -0.25) is 4.79 Å². The maximum atomic E-state index is 13.2. The lowest BCUT2D eigenvalue weighted by Crippen LogP contribution is -2.55. The quantitative estimate of drug-likeness (QED) is 0.547. The molecule has 1 aromatic heterocycles. The summed E-state index contributed by atoms with van der Waals surface area (Å²) in [4.78, 5) is 37.9. The zero-order valence-electron chi connectivity index (χ0n) is 17.7. The van der Waals surface area contributed by atoms with Crippen molar-refractivity contribution in [2.75, 3.05) is 0 Å². The Bertz CT molecular complexity index is 906. The van der Waals surface area contributed by atoms with Gasteiger partial charge >= 0.3 is 11.9 Å². The molecule has 1 fully saturated rings. The van der Waals surface area contributed by atoms with Gasteiger partial charge in [-0.15, -0.1) is 0 Å². The second-order valence-electron chi connectivity index (χ2n) is 8.60. The van der Waals surface area contributed by atoms with Crippen molar-refractivity contribution in [2.24, 2.45) is 17.3 Å². The summed E-state index contributed by atoms with van der Waals surface area (Å²) in [7, 11) is 0. The molecule has 29 heavy (non-hydrogen) atoms. The predicted octanol–water partition coefficient (Wildman–Crippen LogP) is 4.49. The monoisotopic (exact) mass is 400 g/mol. The van der Waals surface area contributed by atoms with Crippen LogP contribution in [0.5, 0.6) is 0 Å². The summed E-state index contributed by atoms with van der Waals surface area (Å²) in [6.45, 7) is 16.2. The minimum absolute atomic E-state index is 0.0882. The summed E-state index contributed by atoms with van der Waals surface area (Å²) in [6, 6.07) is 0. The molecule has 0 spiro atoms. The average Bonchev–Trinajstić information content (AvgIpc) is 3.03. The Morgan fingerprint density at radius 3 is 2.31 bits per heavy atom. The Morgan fingerprint density at radius 1 is 1.14 bits per heavy atom. The summed E-state index contributed by atoms with van der Waals surface area (Å²) in [5.41, 5.74) is 1.19. The molecule has 2 aliphatic carbocycles. The van der Waals surface area contributed by atoms with Crippen LogP contribution in [0.25, 0.3) is 0 Å². The Balaban J connectivity index is 2.08. The molecule has 0 aliphatic heterocycles. The third-order valence-electron chi connectivity index (χ3n) is 6.60. The lowest BCUT2D eigenvalue weighted by molar-refractivity contribution is -0.178. The summed E-state index contributed by atoms with van der Waals surface area (Å²) in [5, 5.41) is 0. The third kappa shape index (κ3) is 3.24. The molecule has 156 valence electrons. The zero-order chi connectivity index (χ0) is 21.7. The number of fused-ring (bicyclic) bond motifs is 2. The van der Waals surface area contributed by atoms with Gasteiger partial charge in [-0.2, -0.15) is 0 Å². The van der Waals surface area contributed by atoms with E-state index in [-0.39, 0.29) is 23.0 Å². The molecular formula is C23H28O6. The van der Waals surface area contributed by atoms with Gasteiger partial charge < -0.3 is 13.9 Å². The maximum Gasteiger partial charge on any atom is 0.333 e. The number of Topliss-reactive ketones (excluding diaryl/α,β-unsaturated/α-hetero) is 1. The third-order valence-corrected chi connectivity index (χ3v) is 6.60. The van der Waals surface area contributed by atoms with Crippen LogP contribution in [0.1, 0.15) is 68.3 Å². The molecule has 3 rings (SSSR count). The largest absolute Gasteiger partial charge is 0.461 e. The molecule has 1 heterocycles. The van der Waals surface area contributed by atoms with Crippen LogP contribution in [-0.2, 0) is 19.1 Å². The Kier molecular flexibility index (Phi) is 5.32. The van der Waals surface area contributed by atoms with Gasteiger partial charge in [0.25, 0.3) is 0 Å². The van der Waals surface area contributed by atoms with Gasteiger partial charge in [0.1, 0.15) is 12.2 Å². The van der Waals surface area contributed by atoms with Crippen molar-refractivity contribution >= 4 is 17.7 Å². The Morgan fingerprint density at radius 2 is 1.72 bits per heavy atom. The minimum Gasteiger partial charge on any atom is -0.461 e. The first-order valence-electron chi connectivity index (χ1n) is 9.85. The first-order chi connectivity index (χ1) is 13.5. The van der Waals surface area contributed by atoms with E-state index >= 15 is 0 Å². The van der Waals surface area contributed by atoms with Crippen molar-refractivity contribution in [1.29, 1.82) is 0 Å². The van der Waals surface area contributed by atoms with E-state index in [1.165, 1.54) is 6.26 Å². The first-order valence-corrected chi connectivity index (χ1v) is 9.85. The van der Waals surface area contributed by atoms with Crippen molar-refractivity contribution in [2.45, 2.75) is 59.7 Å². The van der Waals surface area contributed by atoms with Crippen LogP contribution in [0.3, 0.4) is 0 Å². The van der Waals surface area contributed by atoms with Crippen LogP contribution in [0.4, 0.5) is 0 Å². The number of ether oxygens (including phenoxy) is 2. The molecule has 0 N–H and O–H groups in total. The molecule has 0 radical (unpaired) electrons. The number of furan rings is 1. The summed E-state index contributed by atoms with van der Waals surface area (Å²) in [5.74, 6) is -1.45. The van der Waals surface area contributed by atoms with Gasteiger partial charge in [0.2, 0.25) is 5.78 Å². The Hall–Kier alpha value is -2.63. The van der Waals surface area contributed by atoms with Crippen molar-refractivity contribution < 1.29 is 28.3 Å². The fourth-order valence-electron chi connectivity index (χ4n) is 4.68. The lowest BCUT2D eigenvalue weighted by atomic mass is 9.53. The van der Waals surface area contributed by atoms with Crippen molar-refractivity contribution in [3.63, 3.8) is 0 Å². The van der Waals surface area contributed by atoms with Crippen LogP contribution >= 0.6 is 0 Å². The van der Waals surface area contributed by atoms with Gasteiger partial charge in [0, 0.05) is 34.0 Å². The summed E-state index contributed by atoms with van der Waals surface area (Å²) in [6.07, 6.45) is 1.46. The van der Waals surface area contributed by atoms with Gasteiger partial charge in [-0.1, -0.05) is 27.0 Å². The number of carbonyl (C=O) groups is 3. The van der Waals surface area contributed by atoms with Crippen molar-refractivity contribution in [3.05, 3.63) is 47.5 Å². The normalized spacial score (nSPS) is 30.7. The maximum absolute atomic E-state index is 13.2. The molecule has 5 unspecified atom stereocenters. The number of ketones is 1. The fourth-order valence-corrected chi connectivity index (χ4v) is 4.68. The molecule has 0 amide bonds. The van der Waals surface area contributed by atoms with Crippen LogP contribution < -0.4 is 0 Å². The SMILES string of the molecule is C=C(C)C(=O)OC1CCC2C(=O)c3occ(C)c3C(OC(=O)C(=C)C)C2(C)C1C. The number of hydrogen-bond donors (Lipinski definition) is 0. The van der Waals surface area contributed by atoms with Crippen LogP contribution in [0.2, 0.25) is 0 Å². The van der Waals surface area contributed by atoms with E-state index in [2.05, 4.69) is 13.2 Å². The molecule has 0 saturated heterocycles. The zero-order valence-corrected chi connectivity index (χ0v) is 17.7. The van der Waals surface area contributed by atoms with E-state index in [0.717, 1.165) is 5.56 Å². The van der Waals surface area contributed by atoms with E-state index in [9.17, 15) is 14.4 Å². The van der Waals surface area contributed by atoms with Gasteiger partial charge in [-0.05, 0) is 39.2 Å². The molecule has 2 aliphatic rings. The van der Waals surface area contributed by atoms with Crippen molar-refractivity contribution in [3.8, 4) is 0 Å². The molecule has 1 saturated carbocycles. The molecule has 6 heteroatoms. The van der Waals surface area contributed by atoms with Gasteiger partial charge in [-0.25, -0.2) is 9.59 Å². The number of esters is 2. The van der Waals surface area contributed by atoms with Crippen LogP contribution in [0, 0.1) is 24.2 Å². The van der Waals surface area contributed by atoms with E-state index in [1.807, 2.05) is 20.8 Å². The summed E-state index contributed by atoms with van der Waals surface area (Å²) >= 11 is 0. The highest BCUT2D eigenvalue weighted by Gasteiger charge is 2.61. The van der Waals surface area contributed by atoms with Crippen molar-refractivity contribution in [1.82, 2.24) is 0 Å². The van der Waals surface area contributed by atoms with Gasteiger partial charge in [0.15, 0.2) is 5.76 Å². The first kappa shape index (κ1) is 21.1. The standard InChI is InChI=1S/C23H28O6/c1-11(2)21(25)28-16-9-8-15-18(24)19-17(13(5)10-27-19)20(23(15,7)14(16)6)29-22(26)12(3)4/h10,14-16,20H,1,3,8-9H2,2,4-7H3. The summed E-state index contributed by atoms with van der Waals surface area (Å²) < 4.78 is 17.1. The number of aryl methyl sites for hydroxylation is 1. The number of carbonyl (C=O) groups excluding carboxylic acids is 3. The van der Waals surface area contributed by atoms with Gasteiger partial charge in [0.05, 0.1) is 6.26 Å². The van der Waals surface area contributed by atoms with E-state index in [4.69, 9.17) is 13.9 Å². The topological polar surface area (TPSA) is 82.8 Å². The lowest BCUT2D eigenvalue weighted by Gasteiger charge is -2.53. The second-order valence-corrected chi connectivity index (χ2v) is 8.60. The smallest absolute Gasteiger partial charge is 0.333 e. The van der Waals surface area contributed by atoms with E-state index < -0.39 is 35.5 Å². The fraction of sp³-hybridized carbons (Fsp3) is 0.522. The highest BCUT2D eigenvalue weighted by Crippen LogP contribution is 2.60. The van der Waals surface area contributed by atoms with E-state index in [0.29, 0.717) is 24.0 Å². The predicted molar refractivity (Wildman–Crippen MR) is 106 cm³/mol. The van der Waals surface area contributed by atoms with Crippen LogP contribution in [-0.4, -0.2) is 23.8 Å². The highest BCUT2D eigenvalue weighted by molar-refractivity contribution is 5.99. The molecule has 0 bridgehead atoms. The Labute approximate surface area is 170 Å². The minimum atomic E-state index is -0.762. The van der Waals surface area contributed by atoms with Crippen LogP contribution in [0.15, 0.2) is 35.0 Å². The second kappa shape index (κ2) is 7.32. The molecule has 0 aromatic carbocycles. The number of hydrogen-bond acceptors (Lipinski definition) is 6. The number of rotatable bonds is 4. The molecule has 6 nitrogen and oxygen atoms in total. The molecule has 5 atom stereocenters. The highest BCUT2D eigenvalue weighted by atomic mass is 16.6. The molecular weight excluding hydrogens is 372 g/mol. The van der Waals surface area contributed by atoms with E-state index in [1.54, 1.807) is 13.8 Å².